The van der Waals surface area contributed by atoms with Gasteiger partial charge < -0.3 is 5.11 Å². The summed E-state index contributed by atoms with van der Waals surface area (Å²) in [5, 5.41) is 14.0. The van der Waals surface area contributed by atoms with Gasteiger partial charge in [-0.25, -0.2) is 0 Å². The van der Waals surface area contributed by atoms with E-state index in [0.717, 1.165) is 33.3 Å². The fourth-order valence-corrected chi connectivity index (χ4v) is 3.91. The molecule has 0 aliphatic carbocycles. The lowest BCUT2D eigenvalue weighted by Crippen LogP contribution is -2.33. The molecule has 2 aromatic carbocycles. The lowest BCUT2D eigenvalue weighted by Gasteiger charge is -2.31. The van der Waals surface area contributed by atoms with Crippen molar-refractivity contribution in [3.8, 4) is 5.75 Å². The first kappa shape index (κ1) is 18.8. The van der Waals surface area contributed by atoms with Gasteiger partial charge in [0.1, 0.15) is 11.9 Å². The summed E-state index contributed by atoms with van der Waals surface area (Å²) in [4.78, 5) is 9.22. The number of aromatic hydroxyl groups is 1. The molecule has 4 rings (SSSR count). The molecule has 1 aliphatic rings. The SMILES string of the molecule is CCc1ccc(C2=N[C@H](c3cccnc3)N[C@@H](c3cc(Br)ccc3O)C2)cc1. The Labute approximate surface area is 173 Å². The minimum absolute atomic E-state index is 0.0546. The summed E-state index contributed by atoms with van der Waals surface area (Å²) in [5.74, 6) is 0.285. The van der Waals surface area contributed by atoms with Crippen molar-refractivity contribution in [1.29, 1.82) is 0 Å². The molecule has 0 saturated carbocycles. The van der Waals surface area contributed by atoms with Crippen LogP contribution in [0, 0.1) is 0 Å². The molecule has 0 bridgehead atoms. The molecule has 0 spiro atoms. The van der Waals surface area contributed by atoms with Gasteiger partial charge in [-0.05, 0) is 41.8 Å². The van der Waals surface area contributed by atoms with Crippen LogP contribution in [0.15, 0.2) is 76.5 Å². The predicted octanol–water partition coefficient (Wildman–Crippen LogP) is 5.33. The third-order valence-corrected chi connectivity index (χ3v) is 5.60. The molecule has 0 radical (unpaired) electrons. The number of hydrogen-bond acceptors (Lipinski definition) is 4. The van der Waals surface area contributed by atoms with Crippen LogP contribution in [0.1, 0.15) is 47.8 Å². The number of benzene rings is 2. The average molecular weight is 436 g/mol. The van der Waals surface area contributed by atoms with E-state index in [1.807, 2.05) is 30.5 Å². The topological polar surface area (TPSA) is 57.5 Å². The number of rotatable bonds is 4. The number of halogens is 1. The zero-order valence-electron chi connectivity index (χ0n) is 15.6. The highest BCUT2D eigenvalue weighted by Crippen LogP contribution is 2.35. The molecule has 2 N–H and O–H groups in total. The molecule has 4 nitrogen and oxygen atoms in total. The Balaban J connectivity index is 1.74. The molecule has 5 heteroatoms. The highest BCUT2D eigenvalue weighted by Gasteiger charge is 2.27. The molecule has 0 amide bonds. The Morgan fingerprint density at radius 2 is 1.96 bits per heavy atom. The lowest BCUT2D eigenvalue weighted by atomic mass is 9.93. The summed E-state index contributed by atoms with van der Waals surface area (Å²) in [7, 11) is 0. The third-order valence-electron chi connectivity index (χ3n) is 5.10. The van der Waals surface area contributed by atoms with Gasteiger partial charge in [-0.2, -0.15) is 0 Å². The quantitative estimate of drug-likeness (QED) is 0.581. The minimum Gasteiger partial charge on any atom is -0.508 e. The van der Waals surface area contributed by atoms with Crippen molar-refractivity contribution in [2.45, 2.75) is 32.0 Å². The van der Waals surface area contributed by atoms with E-state index in [1.165, 1.54) is 5.56 Å². The maximum Gasteiger partial charge on any atom is 0.127 e. The molecular weight excluding hydrogens is 414 g/mol. The van der Waals surface area contributed by atoms with E-state index in [0.29, 0.717) is 6.42 Å². The first-order valence-electron chi connectivity index (χ1n) is 9.44. The Morgan fingerprint density at radius 1 is 1.14 bits per heavy atom. The second kappa shape index (κ2) is 8.25. The molecule has 0 saturated heterocycles. The number of aromatic nitrogens is 1. The van der Waals surface area contributed by atoms with Gasteiger partial charge in [0, 0.05) is 46.2 Å². The Bertz CT molecular complexity index is 986. The third kappa shape index (κ3) is 4.01. The molecule has 142 valence electrons. The van der Waals surface area contributed by atoms with Gasteiger partial charge >= 0.3 is 0 Å². The van der Waals surface area contributed by atoms with Gasteiger partial charge in [-0.1, -0.05) is 53.2 Å². The summed E-state index contributed by atoms with van der Waals surface area (Å²) in [6.45, 7) is 2.15. The minimum atomic E-state index is -0.216. The van der Waals surface area contributed by atoms with Crippen molar-refractivity contribution < 1.29 is 5.11 Å². The van der Waals surface area contributed by atoms with Gasteiger partial charge in [-0.3, -0.25) is 15.3 Å². The van der Waals surface area contributed by atoms with Crippen LogP contribution >= 0.6 is 15.9 Å². The molecule has 1 aromatic heterocycles. The van der Waals surface area contributed by atoms with E-state index >= 15 is 0 Å². The van der Waals surface area contributed by atoms with Crippen LogP contribution in [-0.4, -0.2) is 15.8 Å². The fourth-order valence-electron chi connectivity index (χ4n) is 3.53. The summed E-state index contributed by atoms with van der Waals surface area (Å²) >= 11 is 3.52. The predicted molar refractivity (Wildman–Crippen MR) is 116 cm³/mol. The summed E-state index contributed by atoms with van der Waals surface area (Å²) in [6.07, 6.45) is 5.10. The Morgan fingerprint density at radius 3 is 2.68 bits per heavy atom. The van der Waals surface area contributed by atoms with Gasteiger partial charge in [0.2, 0.25) is 0 Å². The number of aryl methyl sites for hydroxylation is 1. The molecule has 2 heterocycles. The molecule has 2 atom stereocenters. The zero-order valence-corrected chi connectivity index (χ0v) is 17.2. The largest absolute Gasteiger partial charge is 0.508 e. The molecule has 0 unspecified atom stereocenters. The van der Waals surface area contributed by atoms with E-state index in [2.05, 4.69) is 57.4 Å². The summed E-state index contributed by atoms with van der Waals surface area (Å²) in [5.41, 5.74) is 5.32. The van der Waals surface area contributed by atoms with Gasteiger partial charge in [0.25, 0.3) is 0 Å². The van der Waals surface area contributed by atoms with Crippen LogP contribution in [0.3, 0.4) is 0 Å². The molecule has 0 fully saturated rings. The second-order valence-electron chi connectivity index (χ2n) is 6.94. The molecular formula is C23H22BrN3O. The van der Waals surface area contributed by atoms with E-state index in [9.17, 15) is 5.11 Å². The number of phenols is 1. The van der Waals surface area contributed by atoms with Crippen LogP contribution in [-0.2, 0) is 6.42 Å². The highest BCUT2D eigenvalue weighted by atomic mass is 79.9. The van der Waals surface area contributed by atoms with Crippen LogP contribution in [0.4, 0.5) is 0 Å². The molecule has 1 aliphatic heterocycles. The Kier molecular flexibility index (Phi) is 5.55. The molecule has 28 heavy (non-hydrogen) atoms. The van der Waals surface area contributed by atoms with Crippen LogP contribution < -0.4 is 5.32 Å². The Hall–Kier alpha value is -2.50. The molecule has 3 aromatic rings. The highest BCUT2D eigenvalue weighted by molar-refractivity contribution is 9.10. The number of phenolic OH excluding ortho intramolecular Hbond substituents is 1. The van der Waals surface area contributed by atoms with Crippen molar-refractivity contribution >= 4 is 21.6 Å². The van der Waals surface area contributed by atoms with Gasteiger partial charge in [0.05, 0.1) is 0 Å². The van der Waals surface area contributed by atoms with Crippen molar-refractivity contribution in [2.75, 3.05) is 0 Å². The van der Waals surface area contributed by atoms with Crippen molar-refractivity contribution in [1.82, 2.24) is 10.3 Å². The van der Waals surface area contributed by atoms with E-state index in [4.69, 9.17) is 4.99 Å². The van der Waals surface area contributed by atoms with Crippen molar-refractivity contribution in [3.05, 3.63) is 93.7 Å². The van der Waals surface area contributed by atoms with Crippen molar-refractivity contribution in [3.63, 3.8) is 0 Å². The van der Waals surface area contributed by atoms with Gasteiger partial charge in [-0.15, -0.1) is 0 Å². The number of hydrogen-bond donors (Lipinski definition) is 2. The standard InChI is InChI=1S/C23H22BrN3O/c1-2-15-5-7-16(8-6-15)20-13-21(19-12-18(24)9-10-22(19)28)27-23(26-20)17-4-3-11-25-14-17/h3-12,14,21,23,27-28H,2,13H2,1H3/t21-,23+/m1/s1. The number of pyridine rings is 1. The summed E-state index contributed by atoms with van der Waals surface area (Å²) in [6, 6.07) is 18.0. The smallest absolute Gasteiger partial charge is 0.127 e. The van der Waals surface area contributed by atoms with Crippen LogP contribution in [0.25, 0.3) is 0 Å². The monoisotopic (exact) mass is 435 g/mol. The first-order valence-corrected chi connectivity index (χ1v) is 10.2. The lowest BCUT2D eigenvalue weighted by molar-refractivity contribution is 0.412. The fraction of sp³-hybridized carbons (Fsp3) is 0.217. The number of nitrogens with zero attached hydrogens (tertiary/aromatic N) is 2. The van der Waals surface area contributed by atoms with E-state index < -0.39 is 0 Å². The van der Waals surface area contributed by atoms with Gasteiger partial charge in [0.15, 0.2) is 0 Å². The van der Waals surface area contributed by atoms with E-state index in [-0.39, 0.29) is 18.0 Å². The zero-order chi connectivity index (χ0) is 19.5. The normalized spacial score (nSPS) is 19.3. The maximum absolute atomic E-state index is 10.5. The average Bonchev–Trinajstić information content (AvgIpc) is 2.76. The van der Waals surface area contributed by atoms with Crippen molar-refractivity contribution in [2.24, 2.45) is 4.99 Å². The van der Waals surface area contributed by atoms with Crippen LogP contribution in [0.2, 0.25) is 0 Å². The second-order valence-corrected chi connectivity index (χ2v) is 7.86. The number of nitrogens with one attached hydrogen (secondary N) is 1. The van der Waals surface area contributed by atoms with Crippen LogP contribution in [0.5, 0.6) is 5.75 Å². The first-order chi connectivity index (χ1) is 13.6. The number of aliphatic imine (C=N–C) groups is 1. The van der Waals surface area contributed by atoms with E-state index in [1.54, 1.807) is 12.3 Å². The summed E-state index contributed by atoms with van der Waals surface area (Å²) < 4.78 is 0.941. The maximum atomic E-state index is 10.5.